The highest BCUT2D eigenvalue weighted by Crippen LogP contribution is 2.32. The Bertz CT molecular complexity index is 738. The highest BCUT2D eigenvalue weighted by molar-refractivity contribution is 5.85. The number of nitrogens with zero attached hydrogens (tertiary/aromatic N) is 2. The van der Waals surface area contributed by atoms with Crippen molar-refractivity contribution in [2.45, 2.75) is 6.10 Å². The Morgan fingerprint density at radius 1 is 1.00 bits per heavy atom. The normalized spacial score (nSPS) is 12.3. The molecule has 3 rings (SSSR count). The van der Waals surface area contributed by atoms with Crippen LogP contribution in [0.5, 0.6) is 5.75 Å². The minimum absolute atomic E-state index is 0.570. The second kappa shape index (κ2) is 5.27. The van der Waals surface area contributed by atoms with Gasteiger partial charge in [0.15, 0.2) is 0 Å². The summed E-state index contributed by atoms with van der Waals surface area (Å²) in [7, 11) is 1.57. The summed E-state index contributed by atoms with van der Waals surface area (Å²) in [5, 5.41) is 12.6. The zero-order valence-electron chi connectivity index (χ0n) is 11.0. The fraction of sp³-hybridized carbons (Fsp3) is 0.125. The Labute approximate surface area is 116 Å². The maximum Gasteiger partial charge on any atom is 0.143 e. The summed E-state index contributed by atoms with van der Waals surface area (Å²) in [6, 6.07) is 9.51. The van der Waals surface area contributed by atoms with Crippen LogP contribution in [0.15, 0.2) is 55.1 Å². The van der Waals surface area contributed by atoms with Crippen LogP contribution < -0.4 is 4.74 Å². The lowest BCUT2D eigenvalue weighted by Gasteiger charge is -2.16. The van der Waals surface area contributed by atoms with Crippen molar-refractivity contribution in [3.05, 3.63) is 66.2 Å². The van der Waals surface area contributed by atoms with Crippen LogP contribution in [-0.2, 0) is 0 Å². The Balaban J connectivity index is 2.15. The third-order valence-electron chi connectivity index (χ3n) is 3.34. The van der Waals surface area contributed by atoms with Crippen LogP contribution in [0.2, 0.25) is 0 Å². The molecule has 100 valence electrons. The molecule has 3 aromatic rings. The molecule has 0 aliphatic rings. The predicted octanol–water partition coefficient (Wildman–Crippen LogP) is 2.72. The van der Waals surface area contributed by atoms with Crippen LogP contribution in [0.25, 0.3) is 10.8 Å². The van der Waals surface area contributed by atoms with Crippen molar-refractivity contribution in [2.75, 3.05) is 7.11 Å². The topological polar surface area (TPSA) is 55.2 Å². The highest BCUT2D eigenvalue weighted by atomic mass is 16.5. The molecule has 0 aliphatic carbocycles. The Morgan fingerprint density at radius 3 is 2.65 bits per heavy atom. The van der Waals surface area contributed by atoms with Gasteiger partial charge in [-0.15, -0.1) is 0 Å². The van der Waals surface area contributed by atoms with Crippen LogP contribution in [0.3, 0.4) is 0 Å². The number of aromatic nitrogens is 2. The first kappa shape index (κ1) is 12.6. The van der Waals surface area contributed by atoms with E-state index in [2.05, 4.69) is 9.97 Å². The van der Waals surface area contributed by atoms with E-state index < -0.39 is 6.10 Å². The maximum atomic E-state index is 10.7. The molecule has 0 saturated carbocycles. The van der Waals surface area contributed by atoms with Gasteiger partial charge in [0.25, 0.3) is 0 Å². The summed E-state index contributed by atoms with van der Waals surface area (Å²) in [4.78, 5) is 8.14. The molecular weight excluding hydrogens is 252 g/mol. The molecule has 1 atom stereocenters. The molecule has 1 aromatic carbocycles. The number of fused-ring (bicyclic) bond motifs is 1. The van der Waals surface area contributed by atoms with Crippen LogP contribution in [0.1, 0.15) is 17.2 Å². The van der Waals surface area contributed by atoms with E-state index in [1.54, 1.807) is 38.0 Å². The molecule has 20 heavy (non-hydrogen) atoms. The Kier molecular flexibility index (Phi) is 3.31. The number of methoxy groups -OCH3 is 1. The number of hydrogen-bond donors (Lipinski definition) is 1. The van der Waals surface area contributed by atoms with Crippen molar-refractivity contribution >= 4 is 10.8 Å². The number of rotatable bonds is 3. The number of pyridine rings is 2. The molecule has 0 aliphatic heterocycles. The first-order valence-electron chi connectivity index (χ1n) is 6.30. The first-order valence-corrected chi connectivity index (χ1v) is 6.30. The first-order chi connectivity index (χ1) is 9.81. The van der Waals surface area contributed by atoms with Gasteiger partial charge in [-0.05, 0) is 23.1 Å². The third-order valence-corrected chi connectivity index (χ3v) is 3.34. The summed E-state index contributed by atoms with van der Waals surface area (Å²) in [5.74, 6) is 0.570. The molecule has 0 spiro atoms. The van der Waals surface area contributed by atoms with E-state index in [9.17, 15) is 5.11 Å². The van der Waals surface area contributed by atoms with E-state index in [-0.39, 0.29) is 0 Å². The zero-order chi connectivity index (χ0) is 13.9. The molecule has 0 saturated heterocycles. The summed E-state index contributed by atoms with van der Waals surface area (Å²) < 4.78 is 5.26. The molecule has 0 amide bonds. The standard InChI is InChI=1S/C16H14N2O2/c1-20-15-10-18-8-6-13(15)16(19)12-4-2-3-11-5-7-17-9-14(11)12/h2-10,16,19H,1H3. The van der Waals surface area contributed by atoms with E-state index >= 15 is 0 Å². The van der Waals surface area contributed by atoms with Gasteiger partial charge in [-0.2, -0.15) is 0 Å². The van der Waals surface area contributed by atoms with E-state index in [1.807, 2.05) is 24.3 Å². The van der Waals surface area contributed by atoms with Crippen molar-refractivity contribution in [1.82, 2.24) is 9.97 Å². The van der Waals surface area contributed by atoms with Gasteiger partial charge in [0.2, 0.25) is 0 Å². The van der Waals surface area contributed by atoms with Gasteiger partial charge < -0.3 is 9.84 Å². The summed E-state index contributed by atoms with van der Waals surface area (Å²) in [6.45, 7) is 0. The molecular formula is C16H14N2O2. The zero-order valence-corrected chi connectivity index (χ0v) is 11.0. The van der Waals surface area contributed by atoms with Crippen molar-refractivity contribution in [3.8, 4) is 5.75 Å². The van der Waals surface area contributed by atoms with Crippen molar-refractivity contribution in [1.29, 1.82) is 0 Å². The van der Waals surface area contributed by atoms with Gasteiger partial charge in [0.1, 0.15) is 11.9 Å². The lowest BCUT2D eigenvalue weighted by molar-refractivity contribution is 0.216. The van der Waals surface area contributed by atoms with Crippen molar-refractivity contribution in [2.24, 2.45) is 0 Å². The van der Waals surface area contributed by atoms with Gasteiger partial charge in [-0.25, -0.2) is 0 Å². The third kappa shape index (κ3) is 2.10. The van der Waals surface area contributed by atoms with Crippen molar-refractivity contribution < 1.29 is 9.84 Å². The molecule has 0 radical (unpaired) electrons. The smallest absolute Gasteiger partial charge is 0.143 e. The number of aliphatic hydroxyl groups excluding tert-OH is 1. The highest BCUT2D eigenvalue weighted by Gasteiger charge is 2.17. The lowest BCUT2D eigenvalue weighted by Crippen LogP contribution is -2.03. The van der Waals surface area contributed by atoms with Crippen LogP contribution in [0, 0.1) is 0 Å². The Morgan fingerprint density at radius 2 is 1.80 bits per heavy atom. The second-order valence-electron chi connectivity index (χ2n) is 4.46. The average Bonchev–Trinajstić information content (AvgIpc) is 2.53. The summed E-state index contributed by atoms with van der Waals surface area (Å²) >= 11 is 0. The maximum absolute atomic E-state index is 10.7. The average molecular weight is 266 g/mol. The van der Waals surface area contributed by atoms with Gasteiger partial charge in [0.05, 0.1) is 13.3 Å². The minimum Gasteiger partial charge on any atom is -0.495 e. The van der Waals surface area contributed by atoms with Crippen LogP contribution in [-0.4, -0.2) is 22.2 Å². The molecule has 4 heteroatoms. The van der Waals surface area contributed by atoms with E-state index in [1.165, 1.54) is 0 Å². The van der Waals surface area contributed by atoms with Gasteiger partial charge in [-0.3, -0.25) is 9.97 Å². The SMILES string of the molecule is COc1cnccc1C(O)c1cccc2ccncc12. The fourth-order valence-corrected chi connectivity index (χ4v) is 2.33. The molecule has 2 aromatic heterocycles. The fourth-order valence-electron chi connectivity index (χ4n) is 2.33. The second-order valence-corrected chi connectivity index (χ2v) is 4.46. The Hall–Kier alpha value is -2.46. The number of ether oxygens (including phenoxy) is 1. The number of hydrogen-bond acceptors (Lipinski definition) is 4. The molecule has 1 N–H and O–H groups in total. The molecule has 4 nitrogen and oxygen atoms in total. The minimum atomic E-state index is -0.777. The van der Waals surface area contributed by atoms with Crippen LogP contribution in [0.4, 0.5) is 0 Å². The van der Waals surface area contributed by atoms with Gasteiger partial charge in [-0.1, -0.05) is 18.2 Å². The molecule has 1 unspecified atom stereocenters. The number of aliphatic hydroxyl groups is 1. The monoisotopic (exact) mass is 266 g/mol. The largest absolute Gasteiger partial charge is 0.495 e. The van der Waals surface area contributed by atoms with E-state index in [0.29, 0.717) is 11.3 Å². The molecule has 0 bridgehead atoms. The summed E-state index contributed by atoms with van der Waals surface area (Å²) in [5.41, 5.74) is 1.50. The van der Waals surface area contributed by atoms with E-state index in [0.717, 1.165) is 16.3 Å². The van der Waals surface area contributed by atoms with Crippen LogP contribution >= 0.6 is 0 Å². The number of benzene rings is 1. The van der Waals surface area contributed by atoms with Gasteiger partial charge in [0, 0.05) is 29.5 Å². The van der Waals surface area contributed by atoms with E-state index in [4.69, 9.17) is 4.74 Å². The quantitative estimate of drug-likeness (QED) is 0.792. The molecule has 2 heterocycles. The predicted molar refractivity (Wildman–Crippen MR) is 76.6 cm³/mol. The van der Waals surface area contributed by atoms with Crippen molar-refractivity contribution in [3.63, 3.8) is 0 Å². The lowest BCUT2D eigenvalue weighted by atomic mass is 9.97. The van der Waals surface area contributed by atoms with Gasteiger partial charge >= 0.3 is 0 Å². The molecule has 0 fully saturated rings. The summed E-state index contributed by atoms with van der Waals surface area (Å²) in [6.07, 6.45) is 5.97.